The quantitative estimate of drug-likeness (QED) is 0.904. The summed E-state index contributed by atoms with van der Waals surface area (Å²) in [6, 6.07) is 3.59. The van der Waals surface area contributed by atoms with Gasteiger partial charge in [0.1, 0.15) is 0 Å². The van der Waals surface area contributed by atoms with E-state index in [2.05, 4.69) is 11.9 Å². The number of aliphatic carboxylic acids is 1. The molecule has 2 rings (SSSR count). The van der Waals surface area contributed by atoms with Crippen LogP contribution in [0.15, 0.2) is 24.5 Å². The first-order valence-corrected chi connectivity index (χ1v) is 7.52. The standard InChI is InChI=1S/C16H22N2O3/c1-12-5-2-3-7-14(12)18(10-8-15(19)20)16(21)13-6-4-9-17-11-13/h4,6,9,11-12,14H,2-3,5,7-8,10H2,1H3,(H,19,20). The molecule has 1 fully saturated rings. The van der Waals surface area contributed by atoms with Crippen LogP contribution in [-0.4, -0.2) is 39.5 Å². The topological polar surface area (TPSA) is 70.5 Å². The van der Waals surface area contributed by atoms with Crippen LogP contribution in [0.1, 0.15) is 49.4 Å². The monoisotopic (exact) mass is 290 g/mol. The molecular weight excluding hydrogens is 268 g/mol. The van der Waals surface area contributed by atoms with Gasteiger partial charge in [-0.05, 0) is 30.9 Å². The van der Waals surface area contributed by atoms with Gasteiger partial charge in [-0.2, -0.15) is 0 Å². The molecule has 1 amide bonds. The summed E-state index contributed by atoms with van der Waals surface area (Å²) in [6.07, 6.45) is 7.48. The van der Waals surface area contributed by atoms with E-state index in [1.54, 1.807) is 29.4 Å². The summed E-state index contributed by atoms with van der Waals surface area (Å²) in [5.74, 6) is -0.571. The van der Waals surface area contributed by atoms with Crippen LogP contribution in [0, 0.1) is 5.92 Å². The molecule has 1 aliphatic rings. The lowest BCUT2D eigenvalue weighted by molar-refractivity contribution is -0.137. The number of carboxylic acid groups (broad SMARTS) is 1. The maximum absolute atomic E-state index is 12.7. The van der Waals surface area contributed by atoms with E-state index in [-0.39, 0.29) is 24.9 Å². The van der Waals surface area contributed by atoms with Gasteiger partial charge in [0.15, 0.2) is 0 Å². The van der Waals surface area contributed by atoms with E-state index in [1.807, 2.05) is 0 Å². The molecule has 2 atom stereocenters. The zero-order valence-electron chi connectivity index (χ0n) is 12.4. The lowest BCUT2D eigenvalue weighted by Crippen LogP contribution is -2.46. The van der Waals surface area contributed by atoms with Crippen LogP contribution in [0.5, 0.6) is 0 Å². The predicted molar refractivity (Wildman–Crippen MR) is 78.9 cm³/mol. The number of pyridine rings is 1. The molecule has 2 unspecified atom stereocenters. The zero-order valence-corrected chi connectivity index (χ0v) is 12.4. The van der Waals surface area contributed by atoms with Gasteiger partial charge in [0.05, 0.1) is 12.0 Å². The Hall–Kier alpha value is -1.91. The molecule has 21 heavy (non-hydrogen) atoms. The van der Waals surface area contributed by atoms with Crippen molar-refractivity contribution in [3.63, 3.8) is 0 Å². The fourth-order valence-electron chi connectivity index (χ4n) is 3.05. The van der Waals surface area contributed by atoms with Crippen molar-refractivity contribution in [2.75, 3.05) is 6.54 Å². The van der Waals surface area contributed by atoms with E-state index in [4.69, 9.17) is 5.11 Å². The third kappa shape index (κ3) is 4.03. The third-order valence-corrected chi connectivity index (χ3v) is 4.20. The molecule has 5 heteroatoms. The largest absolute Gasteiger partial charge is 0.481 e. The van der Waals surface area contributed by atoms with Crippen molar-refractivity contribution in [2.45, 2.75) is 45.1 Å². The van der Waals surface area contributed by atoms with Gasteiger partial charge in [0, 0.05) is 25.0 Å². The van der Waals surface area contributed by atoms with Gasteiger partial charge in [-0.1, -0.05) is 19.8 Å². The zero-order chi connectivity index (χ0) is 15.2. The predicted octanol–water partition coefficient (Wildman–Crippen LogP) is 2.58. The number of carbonyl (C=O) groups excluding carboxylic acids is 1. The van der Waals surface area contributed by atoms with Gasteiger partial charge >= 0.3 is 5.97 Å². The Balaban J connectivity index is 2.18. The summed E-state index contributed by atoms with van der Waals surface area (Å²) >= 11 is 0. The van der Waals surface area contributed by atoms with E-state index in [0.29, 0.717) is 11.5 Å². The molecule has 0 radical (unpaired) electrons. The molecule has 1 heterocycles. The fraction of sp³-hybridized carbons (Fsp3) is 0.562. The highest BCUT2D eigenvalue weighted by Gasteiger charge is 2.31. The number of rotatable bonds is 5. The van der Waals surface area contributed by atoms with E-state index in [1.165, 1.54) is 6.42 Å². The first-order valence-electron chi connectivity index (χ1n) is 7.52. The maximum Gasteiger partial charge on any atom is 0.305 e. The minimum atomic E-state index is -0.873. The first-order chi connectivity index (χ1) is 10.1. The second-order valence-corrected chi connectivity index (χ2v) is 5.71. The average molecular weight is 290 g/mol. The van der Waals surface area contributed by atoms with Gasteiger partial charge < -0.3 is 10.0 Å². The summed E-state index contributed by atoms with van der Waals surface area (Å²) in [7, 11) is 0. The molecule has 0 saturated heterocycles. The summed E-state index contributed by atoms with van der Waals surface area (Å²) < 4.78 is 0. The molecule has 1 N–H and O–H groups in total. The van der Waals surface area contributed by atoms with Crippen molar-refractivity contribution in [1.29, 1.82) is 0 Å². The van der Waals surface area contributed by atoms with E-state index in [0.717, 1.165) is 19.3 Å². The summed E-state index contributed by atoms with van der Waals surface area (Å²) in [6.45, 7) is 2.41. The molecule has 0 bridgehead atoms. The number of hydrogen-bond acceptors (Lipinski definition) is 3. The Morgan fingerprint density at radius 2 is 2.14 bits per heavy atom. The van der Waals surface area contributed by atoms with Crippen LogP contribution in [0.4, 0.5) is 0 Å². The summed E-state index contributed by atoms with van der Waals surface area (Å²) in [5, 5.41) is 8.93. The molecule has 1 aromatic rings. The van der Waals surface area contributed by atoms with E-state index < -0.39 is 5.97 Å². The maximum atomic E-state index is 12.7. The highest BCUT2D eigenvalue weighted by Crippen LogP contribution is 2.29. The number of carbonyl (C=O) groups is 2. The Morgan fingerprint density at radius 3 is 2.76 bits per heavy atom. The Bertz CT molecular complexity index is 490. The second kappa shape index (κ2) is 7.20. The molecule has 0 aliphatic heterocycles. The van der Waals surface area contributed by atoms with Gasteiger partial charge in [0.2, 0.25) is 0 Å². The van der Waals surface area contributed by atoms with Crippen molar-refractivity contribution in [1.82, 2.24) is 9.88 Å². The Morgan fingerprint density at radius 1 is 1.38 bits per heavy atom. The smallest absolute Gasteiger partial charge is 0.305 e. The molecular formula is C16H22N2O3. The van der Waals surface area contributed by atoms with Crippen LogP contribution in [0.2, 0.25) is 0 Å². The van der Waals surface area contributed by atoms with E-state index >= 15 is 0 Å². The molecule has 1 aromatic heterocycles. The van der Waals surface area contributed by atoms with Gasteiger partial charge in [-0.3, -0.25) is 14.6 Å². The minimum Gasteiger partial charge on any atom is -0.481 e. The summed E-state index contributed by atoms with van der Waals surface area (Å²) in [4.78, 5) is 29.3. The van der Waals surface area contributed by atoms with Crippen molar-refractivity contribution in [3.05, 3.63) is 30.1 Å². The molecule has 1 saturated carbocycles. The van der Waals surface area contributed by atoms with Crippen LogP contribution in [-0.2, 0) is 4.79 Å². The SMILES string of the molecule is CC1CCCCC1N(CCC(=O)O)C(=O)c1cccnc1. The molecule has 1 aliphatic carbocycles. The van der Waals surface area contributed by atoms with Gasteiger partial charge in [0.25, 0.3) is 5.91 Å². The van der Waals surface area contributed by atoms with Crippen LogP contribution < -0.4 is 0 Å². The number of hydrogen-bond donors (Lipinski definition) is 1. The molecule has 0 aromatic carbocycles. The number of aromatic nitrogens is 1. The van der Waals surface area contributed by atoms with Crippen LogP contribution in [0.3, 0.4) is 0 Å². The fourth-order valence-corrected chi connectivity index (χ4v) is 3.05. The lowest BCUT2D eigenvalue weighted by atomic mass is 9.84. The molecule has 114 valence electrons. The van der Waals surface area contributed by atoms with Crippen LogP contribution >= 0.6 is 0 Å². The number of nitrogens with zero attached hydrogens (tertiary/aromatic N) is 2. The number of amides is 1. The van der Waals surface area contributed by atoms with Crippen LogP contribution in [0.25, 0.3) is 0 Å². The number of carboxylic acids is 1. The Kier molecular flexibility index (Phi) is 5.31. The van der Waals surface area contributed by atoms with Crippen molar-refractivity contribution >= 4 is 11.9 Å². The lowest BCUT2D eigenvalue weighted by Gasteiger charge is -2.38. The summed E-state index contributed by atoms with van der Waals surface area (Å²) in [5.41, 5.74) is 0.528. The van der Waals surface area contributed by atoms with Crippen molar-refractivity contribution in [2.24, 2.45) is 5.92 Å². The van der Waals surface area contributed by atoms with Gasteiger partial charge in [-0.25, -0.2) is 0 Å². The third-order valence-electron chi connectivity index (χ3n) is 4.20. The average Bonchev–Trinajstić information content (AvgIpc) is 2.49. The first kappa shape index (κ1) is 15.5. The molecule has 0 spiro atoms. The minimum absolute atomic E-state index is 0.0186. The normalized spacial score (nSPS) is 21.8. The van der Waals surface area contributed by atoms with Gasteiger partial charge in [-0.15, -0.1) is 0 Å². The van der Waals surface area contributed by atoms with Crippen molar-refractivity contribution in [3.8, 4) is 0 Å². The second-order valence-electron chi connectivity index (χ2n) is 5.71. The van der Waals surface area contributed by atoms with Crippen molar-refractivity contribution < 1.29 is 14.7 Å². The van der Waals surface area contributed by atoms with E-state index in [9.17, 15) is 9.59 Å². The highest BCUT2D eigenvalue weighted by atomic mass is 16.4. The Labute approximate surface area is 125 Å². The molecule has 5 nitrogen and oxygen atoms in total. The highest BCUT2D eigenvalue weighted by molar-refractivity contribution is 5.94.